The number of nitrogens with zero attached hydrogens (tertiary/aromatic N) is 2. The first-order valence-corrected chi connectivity index (χ1v) is 10.8. The summed E-state index contributed by atoms with van der Waals surface area (Å²) in [4.78, 5) is 17.0. The van der Waals surface area contributed by atoms with Gasteiger partial charge in [-0.15, -0.1) is 11.3 Å². The van der Waals surface area contributed by atoms with Crippen molar-refractivity contribution in [2.24, 2.45) is 0 Å². The Bertz CT molecular complexity index is 1290. The number of carbonyl (C=O) groups excluding carboxylic acids is 1. The predicted octanol–water partition coefficient (Wildman–Crippen LogP) is 3.36. The lowest BCUT2D eigenvalue weighted by Crippen LogP contribution is -2.13. The van der Waals surface area contributed by atoms with Gasteiger partial charge in [-0.05, 0) is 35.9 Å². The lowest BCUT2D eigenvalue weighted by Gasteiger charge is -2.09. The Hall–Kier alpha value is -3.17. The third kappa shape index (κ3) is 2.94. The molecule has 0 spiro atoms. The summed E-state index contributed by atoms with van der Waals surface area (Å²) < 4.78 is 29.9. The zero-order chi connectivity index (χ0) is 19.3. The van der Waals surface area contributed by atoms with Crippen LogP contribution in [0.5, 0.6) is 0 Å². The lowest BCUT2D eigenvalue weighted by molar-refractivity contribution is -0.115. The fourth-order valence-corrected chi connectivity index (χ4v) is 4.97. The molecule has 2 aromatic heterocycles. The van der Waals surface area contributed by atoms with E-state index >= 15 is 0 Å². The van der Waals surface area contributed by atoms with Crippen molar-refractivity contribution in [1.29, 1.82) is 0 Å². The van der Waals surface area contributed by atoms with Crippen LogP contribution in [0.2, 0.25) is 0 Å². The minimum Gasteiger partial charge on any atom is -0.326 e. The minimum atomic E-state index is -3.75. The number of imidazole rings is 1. The monoisotopic (exact) mass is 410 g/mol. The van der Waals surface area contributed by atoms with Gasteiger partial charge in [0, 0.05) is 34.7 Å². The maximum absolute atomic E-state index is 12.7. The zero-order valence-electron chi connectivity index (χ0n) is 14.4. The van der Waals surface area contributed by atoms with Gasteiger partial charge < -0.3 is 5.32 Å². The Kier molecular flexibility index (Phi) is 3.74. The minimum absolute atomic E-state index is 0.126. The molecule has 0 saturated carbocycles. The Morgan fingerprint density at radius 1 is 1.14 bits per heavy atom. The highest BCUT2D eigenvalue weighted by Crippen LogP contribution is 2.28. The highest BCUT2D eigenvalue weighted by Gasteiger charge is 2.22. The van der Waals surface area contributed by atoms with E-state index in [9.17, 15) is 13.2 Å². The first kappa shape index (κ1) is 17.0. The second-order valence-corrected chi connectivity index (χ2v) is 9.00. The molecule has 2 N–H and O–H groups in total. The summed E-state index contributed by atoms with van der Waals surface area (Å²) in [6.45, 7) is 0. The van der Waals surface area contributed by atoms with Crippen LogP contribution in [0, 0.1) is 0 Å². The number of carbonyl (C=O) groups is 1. The molecule has 140 valence electrons. The Morgan fingerprint density at radius 3 is 2.75 bits per heavy atom. The van der Waals surface area contributed by atoms with Crippen LogP contribution in [0.25, 0.3) is 16.2 Å². The average molecular weight is 410 g/mol. The molecule has 0 saturated heterocycles. The molecular weight excluding hydrogens is 396 g/mol. The third-order valence-electron chi connectivity index (χ3n) is 4.54. The molecule has 1 aliphatic heterocycles. The SMILES string of the molecule is O=C1Cc2cc(S(=O)(=O)Nc3ccc(-c4cn5ccsc5n4)cc3)ccc2N1. The first-order chi connectivity index (χ1) is 13.5. The van der Waals surface area contributed by atoms with Gasteiger partial charge in [0.1, 0.15) is 0 Å². The van der Waals surface area contributed by atoms with Crippen LogP contribution in [0.4, 0.5) is 11.4 Å². The Balaban J connectivity index is 1.39. The van der Waals surface area contributed by atoms with Crippen molar-refractivity contribution in [1.82, 2.24) is 9.38 Å². The molecule has 0 aliphatic carbocycles. The van der Waals surface area contributed by atoms with E-state index in [4.69, 9.17) is 0 Å². The molecule has 2 aromatic carbocycles. The van der Waals surface area contributed by atoms with Gasteiger partial charge in [0.05, 0.1) is 17.0 Å². The summed E-state index contributed by atoms with van der Waals surface area (Å²) in [5.41, 5.74) is 3.54. The second-order valence-electron chi connectivity index (χ2n) is 6.45. The fraction of sp³-hybridized carbons (Fsp3) is 0.0526. The summed E-state index contributed by atoms with van der Waals surface area (Å²) in [5, 5.41) is 4.66. The number of nitrogens with one attached hydrogen (secondary N) is 2. The molecular formula is C19H14N4O3S2. The number of hydrogen-bond donors (Lipinski definition) is 2. The molecule has 28 heavy (non-hydrogen) atoms. The number of aromatic nitrogens is 2. The van der Waals surface area contributed by atoms with Crippen molar-refractivity contribution in [3.63, 3.8) is 0 Å². The number of benzene rings is 2. The number of fused-ring (bicyclic) bond motifs is 2. The highest BCUT2D eigenvalue weighted by atomic mass is 32.2. The summed E-state index contributed by atoms with van der Waals surface area (Å²) in [6, 6.07) is 11.7. The number of anilines is 2. The van der Waals surface area contributed by atoms with E-state index in [-0.39, 0.29) is 17.2 Å². The maximum atomic E-state index is 12.7. The van der Waals surface area contributed by atoms with Gasteiger partial charge in [-0.3, -0.25) is 13.9 Å². The summed E-state index contributed by atoms with van der Waals surface area (Å²) in [6.07, 6.45) is 4.07. The van der Waals surface area contributed by atoms with Gasteiger partial charge in [-0.2, -0.15) is 0 Å². The smallest absolute Gasteiger partial charge is 0.261 e. The van der Waals surface area contributed by atoms with Crippen LogP contribution in [0.1, 0.15) is 5.56 Å². The van der Waals surface area contributed by atoms with E-state index in [1.54, 1.807) is 29.5 Å². The van der Waals surface area contributed by atoms with E-state index in [0.717, 1.165) is 16.2 Å². The summed E-state index contributed by atoms with van der Waals surface area (Å²) >= 11 is 1.55. The molecule has 0 fully saturated rings. The van der Waals surface area contributed by atoms with Crippen molar-refractivity contribution in [3.8, 4) is 11.3 Å². The van der Waals surface area contributed by atoms with Crippen LogP contribution < -0.4 is 10.0 Å². The number of thiazole rings is 1. The number of amides is 1. The van der Waals surface area contributed by atoms with E-state index in [1.807, 2.05) is 34.3 Å². The molecule has 3 heterocycles. The Morgan fingerprint density at radius 2 is 1.96 bits per heavy atom. The lowest BCUT2D eigenvalue weighted by atomic mass is 10.1. The van der Waals surface area contributed by atoms with Crippen LogP contribution in [-0.2, 0) is 21.2 Å². The molecule has 9 heteroatoms. The third-order valence-corrected chi connectivity index (χ3v) is 6.69. The van der Waals surface area contributed by atoms with Crippen molar-refractivity contribution < 1.29 is 13.2 Å². The van der Waals surface area contributed by atoms with Gasteiger partial charge in [-0.1, -0.05) is 12.1 Å². The van der Waals surface area contributed by atoms with Gasteiger partial charge in [-0.25, -0.2) is 13.4 Å². The standard InChI is InChI=1S/C19H14N4O3S2/c24-18-10-13-9-15(5-6-16(13)20-18)28(25,26)22-14-3-1-12(2-4-14)17-11-23-7-8-27-19(23)21-17/h1-9,11,22H,10H2,(H,20,24). The predicted molar refractivity (Wildman–Crippen MR) is 108 cm³/mol. The molecule has 1 amide bonds. The van der Waals surface area contributed by atoms with E-state index in [2.05, 4.69) is 15.0 Å². The molecule has 5 rings (SSSR count). The molecule has 1 aliphatic rings. The van der Waals surface area contributed by atoms with Gasteiger partial charge in [0.2, 0.25) is 5.91 Å². The summed E-state index contributed by atoms with van der Waals surface area (Å²) in [5.74, 6) is -0.132. The molecule has 4 aromatic rings. The van der Waals surface area contributed by atoms with E-state index < -0.39 is 10.0 Å². The second kappa shape index (κ2) is 6.18. The molecule has 0 radical (unpaired) electrons. The van der Waals surface area contributed by atoms with Crippen molar-refractivity contribution in [2.45, 2.75) is 11.3 Å². The van der Waals surface area contributed by atoms with E-state index in [1.165, 1.54) is 12.1 Å². The highest BCUT2D eigenvalue weighted by molar-refractivity contribution is 7.92. The van der Waals surface area contributed by atoms with Crippen molar-refractivity contribution in [3.05, 3.63) is 65.8 Å². The van der Waals surface area contributed by atoms with Gasteiger partial charge in [0.25, 0.3) is 10.0 Å². The number of rotatable bonds is 4. The van der Waals surface area contributed by atoms with Gasteiger partial charge in [0.15, 0.2) is 4.96 Å². The van der Waals surface area contributed by atoms with Crippen LogP contribution in [-0.4, -0.2) is 23.7 Å². The van der Waals surface area contributed by atoms with Gasteiger partial charge >= 0.3 is 0 Å². The largest absolute Gasteiger partial charge is 0.326 e. The Labute approximate surface area is 164 Å². The van der Waals surface area contributed by atoms with Crippen LogP contribution in [0.15, 0.2) is 65.1 Å². The molecule has 0 bridgehead atoms. The fourth-order valence-electron chi connectivity index (χ4n) is 3.16. The average Bonchev–Trinajstić information content (AvgIpc) is 3.34. The van der Waals surface area contributed by atoms with Crippen molar-refractivity contribution in [2.75, 3.05) is 10.0 Å². The topological polar surface area (TPSA) is 92.6 Å². The normalized spacial score (nSPS) is 13.5. The number of hydrogen-bond acceptors (Lipinski definition) is 5. The van der Waals surface area contributed by atoms with Crippen molar-refractivity contribution >= 4 is 43.6 Å². The number of sulfonamides is 1. The molecule has 0 unspecified atom stereocenters. The molecule has 0 atom stereocenters. The zero-order valence-corrected chi connectivity index (χ0v) is 16.0. The molecule has 7 nitrogen and oxygen atoms in total. The van der Waals surface area contributed by atoms with Crippen LogP contribution in [0.3, 0.4) is 0 Å². The van der Waals surface area contributed by atoms with E-state index in [0.29, 0.717) is 16.9 Å². The quantitative estimate of drug-likeness (QED) is 0.540. The summed E-state index contributed by atoms with van der Waals surface area (Å²) in [7, 11) is -3.75. The van der Waals surface area contributed by atoms with Crippen LogP contribution >= 0.6 is 11.3 Å². The maximum Gasteiger partial charge on any atom is 0.261 e. The first-order valence-electron chi connectivity index (χ1n) is 8.46.